The van der Waals surface area contributed by atoms with Crippen molar-refractivity contribution in [1.29, 1.82) is 5.26 Å². The number of hydrogen-bond acceptors (Lipinski definition) is 4. The molecule has 2 N–H and O–H groups in total. The van der Waals surface area contributed by atoms with Crippen molar-refractivity contribution in [3.05, 3.63) is 35.9 Å². The lowest BCUT2D eigenvalue weighted by Crippen LogP contribution is -2.39. The monoisotopic (exact) mass is 265 g/mol. The Bertz CT molecular complexity index is 483. The molecule has 0 heterocycles. The molecule has 0 saturated carbocycles. The molecule has 94 valence electrons. The molecule has 0 aliphatic heterocycles. The van der Waals surface area contributed by atoms with Gasteiger partial charge >= 0.3 is 11.9 Å². The van der Waals surface area contributed by atoms with Crippen molar-refractivity contribution in [3.63, 3.8) is 0 Å². The van der Waals surface area contributed by atoms with E-state index in [2.05, 4.69) is 0 Å². The maximum atomic E-state index is 11.3. The SMILES string of the molecule is N#CSC(CC(=O)O)(Cc1ccccc1)C(=O)O. The Hall–Kier alpha value is -2.00. The van der Waals surface area contributed by atoms with E-state index in [0.29, 0.717) is 17.3 Å². The molecule has 1 atom stereocenters. The number of rotatable bonds is 6. The minimum atomic E-state index is -1.65. The summed E-state index contributed by atoms with van der Waals surface area (Å²) in [5.41, 5.74) is 0.684. The number of benzene rings is 1. The minimum absolute atomic E-state index is 0.00625. The van der Waals surface area contributed by atoms with E-state index < -0.39 is 23.1 Å². The van der Waals surface area contributed by atoms with Crippen molar-refractivity contribution in [2.75, 3.05) is 0 Å². The van der Waals surface area contributed by atoms with E-state index in [1.165, 1.54) is 0 Å². The topological polar surface area (TPSA) is 98.4 Å². The fourth-order valence-electron chi connectivity index (χ4n) is 1.59. The van der Waals surface area contributed by atoms with Crippen LogP contribution in [0.25, 0.3) is 0 Å². The molecule has 5 nitrogen and oxygen atoms in total. The first-order valence-corrected chi connectivity index (χ1v) is 5.88. The van der Waals surface area contributed by atoms with Gasteiger partial charge in [-0.2, -0.15) is 5.26 Å². The second kappa shape index (κ2) is 6.07. The van der Waals surface area contributed by atoms with Gasteiger partial charge in [0.2, 0.25) is 0 Å². The van der Waals surface area contributed by atoms with E-state index in [1.54, 1.807) is 35.7 Å². The van der Waals surface area contributed by atoms with Gasteiger partial charge in [-0.3, -0.25) is 9.59 Å². The predicted molar refractivity (Wildman–Crippen MR) is 66.0 cm³/mol. The van der Waals surface area contributed by atoms with Crippen molar-refractivity contribution in [2.45, 2.75) is 17.6 Å². The number of thioether (sulfide) groups is 1. The Labute approximate surface area is 108 Å². The predicted octanol–water partition coefficient (Wildman–Crippen LogP) is 1.74. The third-order valence-electron chi connectivity index (χ3n) is 2.40. The highest BCUT2D eigenvalue weighted by Gasteiger charge is 2.42. The molecule has 0 aliphatic carbocycles. The maximum absolute atomic E-state index is 11.3. The van der Waals surface area contributed by atoms with Crippen LogP contribution >= 0.6 is 11.8 Å². The summed E-state index contributed by atoms with van der Waals surface area (Å²) < 4.78 is -1.65. The van der Waals surface area contributed by atoms with Gasteiger partial charge in [0, 0.05) is 0 Å². The van der Waals surface area contributed by atoms with Crippen LogP contribution in [0.4, 0.5) is 0 Å². The van der Waals surface area contributed by atoms with E-state index in [-0.39, 0.29) is 6.42 Å². The maximum Gasteiger partial charge on any atom is 0.321 e. The minimum Gasteiger partial charge on any atom is -0.481 e. The molecule has 0 aromatic heterocycles. The molecule has 0 fully saturated rings. The highest BCUT2D eigenvalue weighted by atomic mass is 32.2. The lowest BCUT2D eigenvalue weighted by molar-refractivity contribution is -0.146. The number of nitriles is 1. The molecule has 1 aromatic rings. The molecular formula is C12H11NO4S. The van der Waals surface area contributed by atoms with Gasteiger partial charge in [-0.05, 0) is 23.7 Å². The lowest BCUT2D eigenvalue weighted by Gasteiger charge is -2.23. The summed E-state index contributed by atoms with van der Waals surface area (Å²) in [4.78, 5) is 22.1. The standard InChI is InChI=1S/C12H11NO4S/c13-8-18-12(11(16)17,7-10(14)15)6-9-4-2-1-3-5-9/h1-5H,6-7H2,(H,14,15)(H,16,17). The highest BCUT2D eigenvalue weighted by molar-refractivity contribution is 8.05. The summed E-state index contributed by atoms with van der Waals surface area (Å²) in [7, 11) is 0. The van der Waals surface area contributed by atoms with Crippen molar-refractivity contribution in [3.8, 4) is 5.40 Å². The molecule has 0 saturated heterocycles. The van der Waals surface area contributed by atoms with Gasteiger partial charge in [-0.15, -0.1) is 0 Å². The molecule has 18 heavy (non-hydrogen) atoms. The average Bonchev–Trinajstić information content (AvgIpc) is 2.29. The van der Waals surface area contributed by atoms with Crippen LogP contribution < -0.4 is 0 Å². The summed E-state index contributed by atoms with van der Waals surface area (Å²) in [5, 5.41) is 28.4. The van der Waals surface area contributed by atoms with Crippen LogP contribution in [0.1, 0.15) is 12.0 Å². The van der Waals surface area contributed by atoms with Gasteiger partial charge in [-0.1, -0.05) is 30.3 Å². The van der Waals surface area contributed by atoms with E-state index in [1.807, 2.05) is 0 Å². The van der Waals surface area contributed by atoms with Gasteiger partial charge < -0.3 is 10.2 Å². The number of carboxylic acid groups (broad SMARTS) is 2. The van der Waals surface area contributed by atoms with Gasteiger partial charge in [0.05, 0.1) is 6.42 Å². The van der Waals surface area contributed by atoms with E-state index in [4.69, 9.17) is 10.4 Å². The summed E-state index contributed by atoms with van der Waals surface area (Å²) >= 11 is 0.480. The largest absolute Gasteiger partial charge is 0.481 e. The Morgan fingerprint density at radius 3 is 2.33 bits per heavy atom. The molecule has 1 rings (SSSR count). The molecular weight excluding hydrogens is 254 g/mol. The van der Waals surface area contributed by atoms with Gasteiger partial charge in [-0.25, -0.2) is 0 Å². The molecule has 0 aliphatic rings. The average molecular weight is 265 g/mol. The van der Waals surface area contributed by atoms with E-state index >= 15 is 0 Å². The molecule has 0 spiro atoms. The van der Waals surface area contributed by atoms with Gasteiger partial charge in [0.25, 0.3) is 0 Å². The van der Waals surface area contributed by atoms with Crippen LogP contribution in [0.5, 0.6) is 0 Å². The molecule has 1 unspecified atom stereocenters. The van der Waals surface area contributed by atoms with Crippen LogP contribution in [0, 0.1) is 10.7 Å². The van der Waals surface area contributed by atoms with E-state index in [0.717, 1.165) is 0 Å². The smallest absolute Gasteiger partial charge is 0.321 e. The zero-order valence-corrected chi connectivity index (χ0v) is 10.2. The summed E-state index contributed by atoms with van der Waals surface area (Å²) in [5.74, 6) is -2.53. The van der Waals surface area contributed by atoms with Crippen molar-refractivity contribution in [2.24, 2.45) is 0 Å². The van der Waals surface area contributed by atoms with Crippen molar-refractivity contribution in [1.82, 2.24) is 0 Å². The normalized spacial score (nSPS) is 13.3. The van der Waals surface area contributed by atoms with Crippen LogP contribution in [0.15, 0.2) is 30.3 Å². The molecule has 0 bridgehead atoms. The lowest BCUT2D eigenvalue weighted by atomic mass is 9.95. The molecule has 0 radical (unpaired) electrons. The van der Waals surface area contributed by atoms with Crippen LogP contribution in [-0.2, 0) is 16.0 Å². The first kappa shape index (κ1) is 14.1. The highest BCUT2D eigenvalue weighted by Crippen LogP contribution is 2.33. The summed E-state index contributed by atoms with van der Waals surface area (Å²) in [6, 6.07) is 8.66. The van der Waals surface area contributed by atoms with Crippen LogP contribution in [-0.4, -0.2) is 26.9 Å². The summed E-state index contributed by atoms with van der Waals surface area (Å²) in [6.45, 7) is 0. The third-order valence-corrected chi connectivity index (χ3v) is 3.35. The molecule has 0 amide bonds. The van der Waals surface area contributed by atoms with Gasteiger partial charge in [0.1, 0.15) is 10.1 Å². The zero-order valence-electron chi connectivity index (χ0n) is 9.37. The number of hydrogen-bond donors (Lipinski definition) is 2. The fraction of sp³-hybridized carbons (Fsp3) is 0.250. The second-order valence-corrected chi connectivity index (χ2v) is 4.89. The van der Waals surface area contributed by atoms with Gasteiger partial charge in [0.15, 0.2) is 0 Å². The molecule has 6 heteroatoms. The number of carbonyl (C=O) groups is 2. The Morgan fingerprint density at radius 1 is 1.28 bits per heavy atom. The number of carboxylic acids is 2. The number of nitrogens with zero attached hydrogens (tertiary/aromatic N) is 1. The molecule has 1 aromatic carbocycles. The van der Waals surface area contributed by atoms with Crippen molar-refractivity contribution < 1.29 is 19.8 Å². The second-order valence-electron chi connectivity index (χ2n) is 3.73. The first-order valence-electron chi connectivity index (χ1n) is 5.06. The first-order chi connectivity index (χ1) is 8.50. The number of aliphatic carboxylic acids is 2. The zero-order chi connectivity index (χ0) is 13.6. The third kappa shape index (κ3) is 3.50. The van der Waals surface area contributed by atoms with Crippen molar-refractivity contribution >= 4 is 23.7 Å². The Kier molecular flexibility index (Phi) is 4.75. The van der Waals surface area contributed by atoms with E-state index in [9.17, 15) is 14.7 Å². The summed E-state index contributed by atoms with van der Waals surface area (Å²) in [6.07, 6.45) is -0.608. The number of thiocyanates is 1. The fourth-order valence-corrected chi connectivity index (χ4v) is 2.28. The Morgan fingerprint density at radius 2 is 1.89 bits per heavy atom. The Balaban J connectivity index is 3.06. The quantitative estimate of drug-likeness (QED) is 0.760. The van der Waals surface area contributed by atoms with Crippen LogP contribution in [0.2, 0.25) is 0 Å². The van der Waals surface area contributed by atoms with Crippen LogP contribution in [0.3, 0.4) is 0 Å².